The Bertz CT molecular complexity index is 660. The molecule has 5 heteroatoms. The van der Waals surface area contributed by atoms with Crippen LogP contribution in [0, 0.1) is 0 Å². The molecule has 0 radical (unpaired) electrons. The molecule has 0 spiro atoms. The minimum Gasteiger partial charge on any atom is -0.322 e. The predicted molar refractivity (Wildman–Crippen MR) is 80.9 cm³/mol. The van der Waals surface area contributed by atoms with Crippen LogP contribution in [0.25, 0.3) is 0 Å². The van der Waals surface area contributed by atoms with Gasteiger partial charge in [-0.3, -0.25) is 19.3 Å². The molecular weight excluding hydrogens is 280 g/mol. The van der Waals surface area contributed by atoms with Crippen LogP contribution in [0.2, 0.25) is 0 Å². The Morgan fingerprint density at radius 2 is 1.77 bits per heavy atom. The highest BCUT2D eigenvalue weighted by molar-refractivity contribution is 6.05. The molecule has 1 aromatic carbocycles. The van der Waals surface area contributed by atoms with E-state index < -0.39 is 11.6 Å². The molecule has 22 heavy (non-hydrogen) atoms. The molecule has 0 N–H and O–H groups in total. The summed E-state index contributed by atoms with van der Waals surface area (Å²) in [6, 6.07) is 6.87. The van der Waals surface area contributed by atoms with Gasteiger partial charge in [0.25, 0.3) is 11.8 Å². The highest BCUT2D eigenvalue weighted by Crippen LogP contribution is 2.31. The summed E-state index contributed by atoms with van der Waals surface area (Å²) in [5.41, 5.74) is 1.04. The van der Waals surface area contributed by atoms with Crippen molar-refractivity contribution in [3.8, 4) is 0 Å². The quantitative estimate of drug-likeness (QED) is 0.745. The largest absolute Gasteiger partial charge is 0.322 e. The summed E-state index contributed by atoms with van der Waals surface area (Å²) in [6.07, 6.45) is 0.706. The second-order valence-corrected chi connectivity index (χ2v) is 6.88. The van der Waals surface area contributed by atoms with Gasteiger partial charge in [0.1, 0.15) is 6.04 Å². The highest BCUT2D eigenvalue weighted by Gasteiger charge is 2.45. The Morgan fingerprint density at radius 1 is 1.09 bits per heavy atom. The monoisotopic (exact) mass is 300 g/mol. The summed E-state index contributed by atoms with van der Waals surface area (Å²) in [6.45, 7) is 5.96. The van der Waals surface area contributed by atoms with Crippen LogP contribution in [0.1, 0.15) is 49.5 Å². The maximum Gasteiger partial charge on any atom is 0.255 e. The second kappa shape index (κ2) is 4.93. The van der Waals surface area contributed by atoms with Crippen molar-refractivity contribution in [3.63, 3.8) is 0 Å². The molecule has 1 fully saturated rings. The molecule has 2 aliphatic heterocycles. The van der Waals surface area contributed by atoms with E-state index in [1.165, 1.54) is 4.90 Å². The third-order valence-electron chi connectivity index (χ3n) is 4.28. The Kier molecular flexibility index (Phi) is 3.31. The van der Waals surface area contributed by atoms with Gasteiger partial charge in [0.05, 0.1) is 0 Å². The topological polar surface area (TPSA) is 57.7 Å². The maximum atomic E-state index is 12.8. The lowest BCUT2D eigenvalue weighted by Crippen LogP contribution is -2.60. The number of rotatable bonds is 1. The van der Waals surface area contributed by atoms with Gasteiger partial charge in [-0.1, -0.05) is 18.2 Å². The normalized spacial score (nSPS) is 22.3. The lowest BCUT2D eigenvalue weighted by Gasteiger charge is -2.41. The summed E-state index contributed by atoms with van der Waals surface area (Å²) < 4.78 is 0. The number of fused-ring (bicyclic) bond motifs is 1. The van der Waals surface area contributed by atoms with E-state index in [-0.39, 0.29) is 17.7 Å². The molecule has 1 atom stereocenters. The van der Waals surface area contributed by atoms with Crippen molar-refractivity contribution in [2.24, 2.45) is 0 Å². The molecule has 0 bridgehead atoms. The van der Waals surface area contributed by atoms with E-state index in [9.17, 15) is 14.4 Å². The Morgan fingerprint density at radius 3 is 2.41 bits per heavy atom. The van der Waals surface area contributed by atoms with Crippen LogP contribution < -0.4 is 0 Å². The van der Waals surface area contributed by atoms with Gasteiger partial charge in [-0.25, -0.2) is 0 Å². The second-order valence-electron chi connectivity index (χ2n) is 6.88. The highest BCUT2D eigenvalue weighted by atomic mass is 16.2. The van der Waals surface area contributed by atoms with Crippen molar-refractivity contribution in [1.29, 1.82) is 0 Å². The number of carbonyl (C=O) groups excluding carboxylic acids is 3. The van der Waals surface area contributed by atoms with Crippen molar-refractivity contribution < 1.29 is 14.4 Å². The van der Waals surface area contributed by atoms with Crippen molar-refractivity contribution in [1.82, 2.24) is 9.80 Å². The van der Waals surface area contributed by atoms with Gasteiger partial charge >= 0.3 is 0 Å². The van der Waals surface area contributed by atoms with Crippen molar-refractivity contribution in [2.45, 2.75) is 51.7 Å². The van der Waals surface area contributed by atoms with Crippen molar-refractivity contribution >= 4 is 17.7 Å². The van der Waals surface area contributed by atoms with Gasteiger partial charge in [-0.05, 0) is 38.8 Å². The number of carbonyl (C=O) groups is 3. The van der Waals surface area contributed by atoms with E-state index in [1.54, 1.807) is 11.0 Å². The molecule has 0 aliphatic carbocycles. The standard InChI is InChI=1S/C17H20N2O3/c1-17(2,3)19-14(20)9-8-13(16(19)22)18-10-11-6-4-5-7-12(11)15(18)21/h4-7,13H,8-10H2,1-3H3. The number of nitrogens with zero attached hydrogens (tertiary/aromatic N) is 2. The number of likely N-dealkylation sites (tertiary alicyclic amines) is 1. The zero-order valence-electron chi connectivity index (χ0n) is 13.1. The minimum absolute atomic E-state index is 0.114. The molecule has 3 rings (SSSR count). The fraction of sp³-hybridized carbons (Fsp3) is 0.471. The maximum absolute atomic E-state index is 12.8. The van der Waals surface area contributed by atoms with Gasteiger partial charge < -0.3 is 4.90 Å². The molecule has 1 aromatic rings. The molecular formula is C17H20N2O3. The summed E-state index contributed by atoms with van der Waals surface area (Å²) in [4.78, 5) is 40.4. The smallest absolute Gasteiger partial charge is 0.255 e. The van der Waals surface area contributed by atoms with Gasteiger partial charge in [-0.2, -0.15) is 0 Å². The van der Waals surface area contributed by atoms with Gasteiger partial charge in [0.2, 0.25) is 5.91 Å². The Hall–Kier alpha value is -2.17. The van der Waals surface area contributed by atoms with Crippen LogP contribution in [-0.2, 0) is 16.1 Å². The number of imide groups is 1. The Balaban J connectivity index is 1.89. The summed E-state index contributed by atoms with van der Waals surface area (Å²) in [7, 11) is 0. The summed E-state index contributed by atoms with van der Waals surface area (Å²) in [5.74, 6) is -0.528. The number of amides is 3. The fourth-order valence-electron chi connectivity index (χ4n) is 3.29. The number of hydrogen-bond acceptors (Lipinski definition) is 3. The van der Waals surface area contributed by atoms with Crippen LogP contribution >= 0.6 is 0 Å². The SMILES string of the molecule is CC(C)(C)N1C(=O)CCC(N2Cc3ccccc3C2=O)C1=O. The van der Waals surface area contributed by atoms with E-state index in [0.717, 1.165) is 5.56 Å². The average molecular weight is 300 g/mol. The number of benzene rings is 1. The average Bonchev–Trinajstić information content (AvgIpc) is 2.75. The zero-order valence-corrected chi connectivity index (χ0v) is 13.1. The van der Waals surface area contributed by atoms with E-state index in [4.69, 9.17) is 0 Å². The fourth-order valence-corrected chi connectivity index (χ4v) is 3.29. The molecule has 0 saturated carbocycles. The lowest BCUT2D eigenvalue weighted by atomic mass is 9.96. The first-order chi connectivity index (χ1) is 10.3. The van der Waals surface area contributed by atoms with Crippen LogP contribution in [0.15, 0.2) is 24.3 Å². The molecule has 0 aromatic heterocycles. The zero-order chi connectivity index (χ0) is 16.1. The summed E-state index contributed by atoms with van der Waals surface area (Å²) in [5, 5.41) is 0. The Labute approximate surface area is 129 Å². The van der Waals surface area contributed by atoms with E-state index in [0.29, 0.717) is 24.9 Å². The van der Waals surface area contributed by atoms with Crippen molar-refractivity contribution in [2.75, 3.05) is 0 Å². The number of piperidine rings is 1. The van der Waals surface area contributed by atoms with Crippen LogP contribution in [0.4, 0.5) is 0 Å². The molecule has 1 unspecified atom stereocenters. The van der Waals surface area contributed by atoms with Gasteiger partial charge in [0, 0.05) is 24.1 Å². The van der Waals surface area contributed by atoms with Gasteiger partial charge in [-0.15, -0.1) is 0 Å². The molecule has 2 heterocycles. The molecule has 116 valence electrons. The summed E-state index contributed by atoms with van der Waals surface area (Å²) >= 11 is 0. The van der Waals surface area contributed by atoms with E-state index in [2.05, 4.69) is 0 Å². The lowest BCUT2D eigenvalue weighted by molar-refractivity contribution is -0.158. The third kappa shape index (κ3) is 2.21. The number of hydrogen-bond donors (Lipinski definition) is 0. The van der Waals surface area contributed by atoms with Crippen LogP contribution in [0.5, 0.6) is 0 Å². The first-order valence-corrected chi connectivity index (χ1v) is 7.56. The van der Waals surface area contributed by atoms with Crippen LogP contribution in [0.3, 0.4) is 0 Å². The third-order valence-corrected chi connectivity index (χ3v) is 4.28. The molecule has 3 amide bonds. The predicted octanol–water partition coefficient (Wildman–Crippen LogP) is 1.96. The molecule has 1 saturated heterocycles. The van der Waals surface area contributed by atoms with Crippen LogP contribution in [-0.4, -0.2) is 39.1 Å². The van der Waals surface area contributed by atoms with E-state index in [1.807, 2.05) is 39.0 Å². The minimum atomic E-state index is -0.567. The first-order valence-electron chi connectivity index (χ1n) is 7.56. The first kappa shape index (κ1) is 14.8. The van der Waals surface area contributed by atoms with Gasteiger partial charge in [0.15, 0.2) is 0 Å². The van der Waals surface area contributed by atoms with Crippen molar-refractivity contribution in [3.05, 3.63) is 35.4 Å². The van der Waals surface area contributed by atoms with E-state index >= 15 is 0 Å². The molecule has 2 aliphatic rings. The molecule has 5 nitrogen and oxygen atoms in total.